The molecular weight excluding hydrogens is 485 g/mol. The van der Waals surface area contributed by atoms with E-state index in [1.54, 1.807) is 13.0 Å². The number of fused-ring (bicyclic) bond motifs is 1. The zero-order valence-corrected chi connectivity index (χ0v) is 19.1. The Bertz CT molecular complexity index is 1360. The second-order valence-corrected chi connectivity index (χ2v) is 8.32. The maximum absolute atomic E-state index is 14.4. The first-order valence-corrected chi connectivity index (χ1v) is 10.7. The van der Waals surface area contributed by atoms with E-state index in [2.05, 4.69) is 5.32 Å². The van der Waals surface area contributed by atoms with E-state index in [-0.39, 0.29) is 11.3 Å². The third kappa shape index (κ3) is 4.43. The average molecular weight is 505 g/mol. The first-order chi connectivity index (χ1) is 17.0. The molecule has 0 saturated carbocycles. The number of anilines is 1. The van der Waals surface area contributed by atoms with E-state index in [1.165, 1.54) is 24.1 Å². The lowest BCUT2D eigenvalue weighted by Gasteiger charge is -2.39. The van der Waals surface area contributed by atoms with E-state index < -0.39 is 77.0 Å². The van der Waals surface area contributed by atoms with Crippen LogP contribution in [0.4, 0.5) is 32.4 Å². The molecule has 3 aromatic rings. The molecule has 0 aromatic heterocycles. The third-order valence-corrected chi connectivity index (χ3v) is 6.17. The molecule has 36 heavy (non-hydrogen) atoms. The number of amides is 3. The van der Waals surface area contributed by atoms with Crippen molar-refractivity contribution in [1.29, 1.82) is 0 Å². The maximum atomic E-state index is 14.4. The van der Waals surface area contributed by atoms with E-state index in [0.717, 1.165) is 17.0 Å². The number of carbonyl (C=O) groups excluding carboxylic acids is 2. The Hall–Kier alpha value is -4.15. The van der Waals surface area contributed by atoms with Gasteiger partial charge in [-0.15, -0.1) is 0 Å². The van der Waals surface area contributed by atoms with Gasteiger partial charge in [0, 0.05) is 36.9 Å². The molecule has 0 unspecified atom stereocenters. The topological polar surface area (TPSA) is 72.9 Å². The number of phenols is 1. The molecule has 2 N–H and O–H groups in total. The number of urea groups is 1. The van der Waals surface area contributed by atoms with Crippen LogP contribution >= 0.6 is 0 Å². The maximum Gasteiger partial charge on any atom is 0.325 e. The number of halogens is 5. The van der Waals surface area contributed by atoms with Crippen LogP contribution in [0, 0.1) is 29.1 Å². The minimum Gasteiger partial charge on any atom is -0.507 e. The molecule has 1 atom stereocenters. The second kappa shape index (κ2) is 9.48. The number of benzene rings is 3. The van der Waals surface area contributed by atoms with Crippen molar-refractivity contribution in [2.75, 3.05) is 11.9 Å². The van der Waals surface area contributed by atoms with Gasteiger partial charge in [0.1, 0.15) is 23.2 Å². The average Bonchev–Trinajstić information content (AvgIpc) is 2.83. The Labute approximate surface area is 202 Å². The molecule has 0 fully saturated rings. The molecule has 1 heterocycles. The second-order valence-electron chi connectivity index (χ2n) is 8.32. The predicted octanol–water partition coefficient (Wildman–Crippen LogP) is 5.15. The molecule has 1 aliphatic rings. The van der Waals surface area contributed by atoms with Crippen LogP contribution in [0.25, 0.3) is 0 Å². The van der Waals surface area contributed by atoms with Crippen molar-refractivity contribution in [2.24, 2.45) is 0 Å². The van der Waals surface area contributed by atoms with Crippen molar-refractivity contribution in [2.45, 2.75) is 26.1 Å². The summed E-state index contributed by atoms with van der Waals surface area (Å²) in [6, 6.07) is 6.00. The molecule has 0 radical (unpaired) electrons. The first-order valence-electron chi connectivity index (χ1n) is 10.7. The van der Waals surface area contributed by atoms with Gasteiger partial charge in [0.15, 0.2) is 11.6 Å². The molecule has 0 bridgehead atoms. The van der Waals surface area contributed by atoms with Crippen molar-refractivity contribution in [1.82, 2.24) is 10.2 Å². The molecule has 11 heteroatoms. The summed E-state index contributed by atoms with van der Waals surface area (Å²) in [5.74, 6) is -7.25. The molecule has 1 aliphatic heterocycles. The Kier molecular flexibility index (Phi) is 6.57. The van der Waals surface area contributed by atoms with E-state index >= 15 is 0 Å². The van der Waals surface area contributed by atoms with Crippen LogP contribution in [0.5, 0.6) is 5.75 Å². The van der Waals surface area contributed by atoms with Gasteiger partial charge in [0.2, 0.25) is 0 Å². The molecule has 0 saturated heterocycles. The van der Waals surface area contributed by atoms with Crippen LogP contribution in [0.15, 0.2) is 42.5 Å². The minimum atomic E-state index is -1.32. The number of hydrogen-bond acceptors (Lipinski definition) is 3. The smallest absolute Gasteiger partial charge is 0.325 e. The highest BCUT2D eigenvalue weighted by atomic mass is 19.2. The lowest BCUT2D eigenvalue weighted by molar-refractivity contribution is 0.0950. The van der Waals surface area contributed by atoms with Gasteiger partial charge in [-0.05, 0) is 36.8 Å². The molecule has 4 rings (SSSR count). The van der Waals surface area contributed by atoms with Crippen LogP contribution in [0.1, 0.15) is 40.0 Å². The van der Waals surface area contributed by atoms with Crippen molar-refractivity contribution in [3.8, 4) is 5.75 Å². The van der Waals surface area contributed by atoms with Gasteiger partial charge in [0.25, 0.3) is 5.91 Å². The molecule has 0 aliphatic carbocycles. The fourth-order valence-corrected chi connectivity index (χ4v) is 4.00. The number of rotatable bonds is 5. The quantitative estimate of drug-likeness (QED) is 0.471. The highest BCUT2D eigenvalue weighted by Crippen LogP contribution is 2.38. The zero-order chi connectivity index (χ0) is 26.3. The van der Waals surface area contributed by atoms with Gasteiger partial charge in [-0.3, -0.25) is 9.69 Å². The van der Waals surface area contributed by atoms with Crippen LogP contribution in [0.2, 0.25) is 0 Å². The van der Waals surface area contributed by atoms with Gasteiger partial charge in [0.05, 0.1) is 23.8 Å². The molecule has 3 amide bonds. The largest absolute Gasteiger partial charge is 0.507 e. The molecule has 188 valence electrons. The fraction of sp³-hybridized carbons (Fsp3) is 0.200. The summed E-state index contributed by atoms with van der Waals surface area (Å²) in [4.78, 5) is 28.2. The van der Waals surface area contributed by atoms with Crippen molar-refractivity contribution in [3.05, 3.63) is 93.8 Å². The summed E-state index contributed by atoms with van der Waals surface area (Å²) in [6.45, 7) is 0.627. The Morgan fingerprint density at radius 1 is 0.972 bits per heavy atom. The molecule has 3 aromatic carbocycles. The summed E-state index contributed by atoms with van der Waals surface area (Å²) in [6.07, 6.45) is 0. The number of aromatic hydroxyl groups is 1. The summed E-state index contributed by atoms with van der Waals surface area (Å²) in [5.41, 5.74) is -0.183. The number of phenolic OH excluding ortho intramolecular Hbond substituents is 1. The summed E-state index contributed by atoms with van der Waals surface area (Å²) in [5, 5.41) is 12.4. The van der Waals surface area contributed by atoms with Gasteiger partial charge in [-0.2, -0.15) is 0 Å². The number of carbonyl (C=O) groups is 2. The summed E-state index contributed by atoms with van der Waals surface area (Å²) >= 11 is 0. The number of nitrogens with one attached hydrogen (secondary N) is 1. The van der Waals surface area contributed by atoms with Crippen LogP contribution in [0.3, 0.4) is 0 Å². The first kappa shape index (κ1) is 25.0. The lowest BCUT2D eigenvalue weighted by Crippen LogP contribution is -2.46. The van der Waals surface area contributed by atoms with Crippen LogP contribution in [-0.4, -0.2) is 29.0 Å². The van der Waals surface area contributed by atoms with Crippen molar-refractivity contribution < 1.29 is 36.6 Å². The van der Waals surface area contributed by atoms with Gasteiger partial charge in [-0.1, -0.05) is 6.07 Å². The third-order valence-electron chi connectivity index (χ3n) is 6.17. The Morgan fingerprint density at radius 2 is 1.64 bits per heavy atom. The summed E-state index contributed by atoms with van der Waals surface area (Å²) < 4.78 is 69.1. The van der Waals surface area contributed by atoms with Gasteiger partial charge >= 0.3 is 6.03 Å². The predicted molar refractivity (Wildman–Crippen MR) is 120 cm³/mol. The van der Waals surface area contributed by atoms with Crippen molar-refractivity contribution in [3.63, 3.8) is 0 Å². The highest BCUT2D eigenvalue weighted by molar-refractivity contribution is 5.99. The van der Waals surface area contributed by atoms with Gasteiger partial charge in [-0.25, -0.2) is 26.7 Å². The lowest BCUT2D eigenvalue weighted by atomic mass is 9.98. The van der Waals surface area contributed by atoms with Crippen LogP contribution in [-0.2, 0) is 13.1 Å². The minimum absolute atomic E-state index is 0.00941. The standard InChI is InChI=1S/C25H20F5N3O3/c1-12-15-4-3-13(24(35)31-10-16-19(28)8-14(26)9-20(16)29)7-21(15)33(25(36)32(12)2)11-17-22(34)6-5-18(27)23(17)30/h3-9,12,34H,10-11H2,1-2H3,(H,31,35)/t12-/m0/s1. The molecule has 0 spiro atoms. The van der Waals surface area contributed by atoms with E-state index in [1.807, 2.05) is 0 Å². The van der Waals surface area contributed by atoms with E-state index in [0.29, 0.717) is 17.7 Å². The normalized spacial score (nSPS) is 15.2. The number of hydrogen-bond donors (Lipinski definition) is 2. The molecule has 6 nitrogen and oxygen atoms in total. The Morgan fingerprint density at radius 3 is 2.31 bits per heavy atom. The molecular formula is C25H20F5N3O3. The van der Waals surface area contributed by atoms with Crippen molar-refractivity contribution >= 4 is 17.6 Å². The van der Waals surface area contributed by atoms with Crippen LogP contribution < -0.4 is 10.2 Å². The number of nitrogens with zero attached hydrogens (tertiary/aromatic N) is 2. The van der Waals surface area contributed by atoms with E-state index in [9.17, 15) is 36.6 Å². The zero-order valence-electron chi connectivity index (χ0n) is 19.1. The summed E-state index contributed by atoms with van der Waals surface area (Å²) in [7, 11) is 1.51. The monoisotopic (exact) mass is 505 g/mol. The highest BCUT2D eigenvalue weighted by Gasteiger charge is 2.35. The van der Waals surface area contributed by atoms with E-state index in [4.69, 9.17) is 0 Å². The fourth-order valence-electron chi connectivity index (χ4n) is 4.00. The SMILES string of the molecule is C[C@H]1c2ccc(C(=O)NCc3c(F)cc(F)cc3F)cc2N(Cc2c(O)ccc(F)c2F)C(=O)N1C. The van der Waals surface area contributed by atoms with Gasteiger partial charge < -0.3 is 15.3 Å². The Balaban J connectivity index is 1.67.